The van der Waals surface area contributed by atoms with Crippen LogP contribution in [0, 0.1) is 0 Å². The number of para-hydroxylation sites is 1. The molecule has 7 heteroatoms. The van der Waals surface area contributed by atoms with Crippen LogP contribution >= 0.6 is 11.6 Å². The van der Waals surface area contributed by atoms with Gasteiger partial charge < -0.3 is 19.9 Å². The van der Waals surface area contributed by atoms with Crippen molar-refractivity contribution >= 4 is 40.0 Å². The van der Waals surface area contributed by atoms with Gasteiger partial charge in [-0.2, -0.15) is 0 Å². The predicted octanol–water partition coefficient (Wildman–Crippen LogP) is 3.96. The maximum atomic E-state index is 12.9. The number of aromatic amines is 1. The Hall–Kier alpha value is -2.99. The Morgan fingerprint density at radius 3 is 2.96 bits per heavy atom. The number of amides is 2. The Labute approximate surface area is 167 Å². The summed E-state index contributed by atoms with van der Waals surface area (Å²) in [4.78, 5) is 30.3. The average molecular weight is 398 g/mol. The lowest BCUT2D eigenvalue weighted by atomic mass is 10.1. The van der Waals surface area contributed by atoms with Gasteiger partial charge in [0.1, 0.15) is 11.8 Å². The second kappa shape index (κ2) is 7.56. The zero-order valence-electron chi connectivity index (χ0n) is 15.4. The van der Waals surface area contributed by atoms with Crippen molar-refractivity contribution in [3.05, 3.63) is 59.2 Å². The highest BCUT2D eigenvalue weighted by atomic mass is 35.5. The van der Waals surface area contributed by atoms with Gasteiger partial charge in [0.25, 0.3) is 0 Å². The van der Waals surface area contributed by atoms with E-state index in [1.54, 1.807) is 23.1 Å². The number of methoxy groups -OCH3 is 1. The SMILES string of the molecule is COc1ccc(Cl)cc1NC(=O)C1CCC(=O)N1Cc1c[nH]c2ccccc12. The van der Waals surface area contributed by atoms with Gasteiger partial charge in [0.15, 0.2) is 0 Å². The van der Waals surface area contributed by atoms with Crippen molar-refractivity contribution in [2.45, 2.75) is 25.4 Å². The van der Waals surface area contributed by atoms with Crippen molar-refractivity contribution in [2.24, 2.45) is 0 Å². The molecule has 1 aliphatic rings. The van der Waals surface area contributed by atoms with E-state index in [4.69, 9.17) is 16.3 Å². The molecule has 4 rings (SSSR count). The topological polar surface area (TPSA) is 74.4 Å². The molecule has 0 aliphatic carbocycles. The predicted molar refractivity (Wildman–Crippen MR) is 109 cm³/mol. The lowest BCUT2D eigenvalue weighted by molar-refractivity contribution is -0.133. The number of ether oxygens (including phenoxy) is 1. The third kappa shape index (κ3) is 3.43. The number of anilines is 1. The van der Waals surface area contributed by atoms with Gasteiger partial charge in [0, 0.05) is 35.1 Å². The van der Waals surface area contributed by atoms with Crippen molar-refractivity contribution in [2.75, 3.05) is 12.4 Å². The quantitative estimate of drug-likeness (QED) is 0.684. The molecule has 2 N–H and O–H groups in total. The number of likely N-dealkylation sites (tertiary alicyclic amines) is 1. The van der Waals surface area contributed by atoms with E-state index < -0.39 is 6.04 Å². The van der Waals surface area contributed by atoms with Crippen molar-refractivity contribution in [1.82, 2.24) is 9.88 Å². The number of nitrogens with one attached hydrogen (secondary N) is 2. The maximum Gasteiger partial charge on any atom is 0.247 e. The van der Waals surface area contributed by atoms with Gasteiger partial charge in [-0.1, -0.05) is 29.8 Å². The number of fused-ring (bicyclic) bond motifs is 1. The molecule has 28 heavy (non-hydrogen) atoms. The Morgan fingerprint density at radius 2 is 2.14 bits per heavy atom. The number of hydrogen-bond acceptors (Lipinski definition) is 3. The molecule has 144 valence electrons. The van der Waals surface area contributed by atoms with E-state index in [0.717, 1.165) is 16.5 Å². The van der Waals surface area contributed by atoms with Gasteiger partial charge in [-0.3, -0.25) is 9.59 Å². The summed E-state index contributed by atoms with van der Waals surface area (Å²) in [6, 6.07) is 12.4. The van der Waals surface area contributed by atoms with E-state index in [1.807, 2.05) is 30.5 Å². The monoisotopic (exact) mass is 397 g/mol. The molecule has 0 spiro atoms. The standard InChI is InChI=1S/C21H20ClN3O3/c1-28-19-8-6-14(22)10-17(19)24-21(27)18-7-9-20(26)25(18)12-13-11-23-16-5-3-2-4-15(13)16/h2-6,8,10-11,18,23H,7,9,12H2,1H3,(H,24,27). The number of rotatable bonds is 5. The van der Waals surface area contributed by atoms with Gasteiger partial charge in [0.05, 0.1) is 12.8 Å². The molecule has 0 bridgehead atoms. The number of hydrogen-bond donors (Lipinski definition) is 2. The van der Waals surface area contributed by atoms with Crippen LogP contribution in [0.25, 0.3) is 10.9 Å². The molecule has 2 heterocycles. The molecular weight excluding hydrogens is 378 g/mol. The van der Waals surface area contributed by atoms with Crippen molar-refractivity contribution < 1.29 is 14.3 Å². The Bertz CT molecular complexity index is 1050. The number of carbonyl (C=O) groups is 2. The molecule has 1 aromatic heterocycles. The number of aromatic nitrogens is 1. The Morgan fingerprint density at radius 1 is 1.32 bits per heavy atom. The van der Waals surface area contributed by atoms with Gasteiger partial charge >= 0.3 is 0 Å². The van der Waals surface area contributed by atoms with Crippen LogP contribution in [0.5, 0.6) is 5.75 Å². The second-order valence-electron chi connectivity index (χ2n) is 6.77. The van der Waals surface area contributed by atoms with Crippen LogP contribution in [0.15, 0.2) is 48.7 Å². The maximum absolute atomic E-state index is 12.9. The van der Waals surface area contributed by atoms with E-state index in [0.29, 0.717) is 35.8 Å². The lowest BCUT2D eigenvalue weighted by Crippen LogP contribution is -2.41. The summed E-state index contributed by atoms with van der Waals surface area (Å²) in [5.74, 6) is 0.250. The van der Waals surface area contributed by atoms with Crippen LogP contribution in [0.3, 0.4) is 0 Å². The zero-order chi connectivity index (χ0) is 19.7. The summed E-state index contributed by atoms with van der Waals surface area (Å²) in [5, 5.41) is 4.41. The van der Waals surface area contributed by atoms with Crippen LogP contribution in [0.2, 0.25) is 5.02 Å². The number of halogens is 1. The number of benzene rings is 2. The first-order valence-electron chi connectivity index (χ1n) is 9.05. The zero-order valence-corrected chi connectivity index (χ0v) is 16.1. The summed E-state index contributed by atoms with van der Waals surface area (Å²) >= 11 is 6.04. The molecular formula is C21H20ClN3O3. The highest BCUT2D eigenvalue weighted by molar-refractivity contribution is 6.31. The molecule has 2 amide bonds. The molecule has 1 saturated heterocycles. The minimum absolute atomic E-state index is 0.0245. The van der Waals surface area contributed by atoms with E-state index in [9.17, 15) is 9.59 Å². The average Bonchev–Trinajstić information content (AvgIpc) is 3.26. The van der Waals surface area contributed by atoms with E-state index in [2.05, 4.69) is 10.3 Å². The van der Waals surface area contributed by atoms with Crippen LogP contribution in [0.1, 0.15) is 18.4 Å². The van der Waals surface area contributed by atoms with Crippen LogP contribution < -0.4 is 10.1 Å². The molecule has 1 fully saturated rings. The molecule has 1 atom stereocenters. The fraction of sp³-hybridized carbons (Fsp3) is 0.238. The van der Waals surface area contributed by atoms with Crippen LogP contribution in [-0.2, 0) is 16.1 Å². The first kappa shape index (κ1) is 18.4. The molecule has 1 aliphatic heterocycles. The van der Waals surface area contributed by atoms with Gasteiger partial charge in [-0.05, 0) is 36.2 Å². The second-order valence-corrected chi connectivity index (χ2v) is 7.21. The summed E-state index contributed by atoms with van der Waals surface area (Å²) in [5.41, 5.74) is 2.49. The third-order valence-electron chi connectivity index (χ3n) is 5.07. The number of carbonyl (C=O) groups excluding carboxylic acids is 2. The number of nitrogens with zero attached hydrogens (tertiary/aromatic N) is 1. The fourth-order valence-corrected chi connectivity index (χ4v) is 3.82. The molecule has 2 aromatic carbocycles. The molecule has 1 unspecified atom stereocenters. The first-order chi connectivity index (χ1) is 13.6. The van der Waals surface area contributed by atoms with Gasteiger partial charge in [-0.25, -0.2) is 0 Å². The third-order valence-corrected chi connectivity index (χ3v) is 5.30. The van der Waals surface area contributed by atoms with E-state index >= 15 is 0 Å². The van der Waals surface area contributed by atoms with E-state index in [-0.39, 0.29) is 11.8 Å². The van der Waals surface area contributed by atoms with Crippen molar-refractivity contribution in [3.8, 4) is 5.75 Å². The fourth-order valence-electron chi connectivity index (χ4n) is 3.64. The molecule has 0 radical (unpaired) electrons. The summed E-state index contributed by atoms with van der Waals surface area (Å²) < 4.78 is 5.29. The Balaban J connectivity index is 1.56. The largest absolute Gasteiger partial charge is 0.495 e. The highest BCUT2D eigenvalue weighted by Crippen LogP contribution is 2.30. The molecule has 6 nitrogen and oxygen atoms in total. The van der Waals surface area contributed by atoms with E-state index in [1.165, 1.54) is 7.11 Å². The minimum Gasteiger partial charge on any atom is -0.495 e. The van der Waals surface area contributed by atoms with Crippen LogP contribution in [-0.4, -0.2) is 34.8 Å². The highest BCUT2D eigenvalue weighted by Gasteiger charge is 2.36. The van der Waals surface area contributed by atoms with Crippen LogP contribution in [0.4, 0.5) is 5.69 Å². The smallest absolute Gasteiger partial charge is 0.247 e. The first-order valence-corrected chi connectivity index (χ1v) is 9.43. The summed E-state index contributed by atoms with van der Waals surface area (Å²) in [7, 11) is 1.53. The van der Waals surface area contributed by atoms with Gasteiger partial charge in [0.2, 0.25) is 11.8 Å². The lowest BCUT2D eigenvalue weighted by Gasteiger charge is -2.24. The van der Waals surface area contributed by atoms with Crippen molar-refractivity contribution in [3.63, 3.8) is 0 Å². The molecule has 3 aromatic rings. The number of H-pyrrole nitrogens is 1. The van der Waals surface area contributed by atoms with Gasteiger partial charge in [-0.15, -0.1) is 0 Å². The normalized spacial score (nSPS) is 16.6. The molecule has 0 saturated carbocycles. The Kier molecular flexibility index (Phi) is 4.96. The summed E-state index contributed by atoms with van der Waals surface area (Å²) in [6.07, 6.45) is 2.73. The minimum atomic E-state index is -0.537. The summed E-state index contributed by atoms with van der Waals surface area (Å²) in [6.45, 7) is 0.383. The van der Waals surface area contributed by atoms with Crippen molar-refractivity contribution in [1.29, 1.82) is 0 Å².